The Balaban J connectivity index is 2.17. The minimum absolute atomic E-state index is 0.130. The second-order valence-corrected chi connectivity index (χ2v) is 5.96. The van der Waals surface area contributed by atoms with Crippen LogP contribution in [0.25, 0.3) is 0 Å². The van der Waals surface area contributed by atoms with Crippen LogP contribution in [0.3, 0.4) is 0 Å². The molecule has 3 N–H and O–H groups in total. The van der Waals surface area contributed by atoms with Crippen LogP contribution in [0, 0.1) is 5.41 Å². The van der Waals surface area contributed by atoms with Gasteiger partial charge in [-0.2, -0.15) is 0 Å². The molecule has 0 aromatic rings. The number of urea groups is 1. The van der Waals surface area contributed by atoms with Crippen molar-refractivity contribution >= 4 is 12.0 Å². The molecular formula is C15H28N2O4. The molecule has 21 heavy (non-hydrogen) atoms. The molecule has 1 aliphatic heterocycles. The number of hydrogen-bond acceptors (Lipinski definition) is 3. The molecule has 2 atom stereocenters. The number of ether oxygens (including phenoxy) is 1. The fourth-order valence-electron chi connectivity index (χ4n) is 2.40. The van der Waals surface area contributed by atoms with Gasteiger partial charge >= 0.3 is 12.0 Å². The van der Waals surface area contributed by atoms with Crippen LogP contribution in [0.5, 0.6) is 0 Å². The third kappa shape index (κ3) is 5.53. The second-order valence-electron chi connectivity index (χ2n) is 5.96. The molecule has 0 radical (unpaired) electrons. The second kappa shape index (κ2) is 8.87. The van der Waals surface area contributed by atoms with E-state index in [0.717, 1.165) is 12.8 Å². The number of carbonyl (C=O) groups excluding carboxylic acids is 1. The smallest absolute Gasteiger partial charge is 0.315 e. The summed E-state index contributed by atoms with van der Waals surface area (Å²) in [5.74, 6) is -0.943. The fraction of sp³-hybridized carbons (Fsp3) is 0.867. The summed E-state index contributed by atoms with van der Waals surface area (Å²) in [7, 11) is 0. The number of carboxylic acids is 1. The molecule has 0 aliphatic carbocycles. The first-order valence-electron chi connectivity index (χ1n) is 7.86. The lowest BCUT2D eigenvalue weighted by Crippen LogP contribution is -2.52. The van der Waals surface area contributed by atoms with Crippen molar-refractivity contribution in [1.29, 1.82) is 0 Å². The van der Waals surface area contributed by atoms with Gasteiger partial charge in [-0.3, -0.25) is 4.79 Å². The zero-order chi connectivity index (χ0) is 15.7. The van der Waals surface area contributed by atoms with E-state index in [1.165, 1.54) is 25.7 Å². The normalized spacial score (nSPS) is 24.8. The van der Waals surface area contributed by atoms with Crippen molar-refractivity contribution in [3.8, 4) is 0 Å². The first kappa shape index (κ1) is 17.8. The Labute approximate surface area is 126 Å². The highest BCUT2D eigenvalue weighted by Crippen LogP contribution is 2.28. The Morgan fingerprint density at radius 1 is 1.24 bits per heavy atom. The molecule has 122 valence electrons. The van der Waals surface area contributed by atoms with E-state index in [0.29, 0.717) is 6.54 Å². The van der Waals surface area contributed by atoms with Crippen LogP contribution < -0.4 is 10.6 Å². The van der Waals surface area contributed by atoms with Gasteiger partial charge in [0.15, 0.2) is 0 Å². The van der Waals surface area contributed by atoms with Crippen LogP contribution in [0.1, 0.15) is 52.4 Å². The molecule has 6 heteroatoms. The van der Waals surface area contributed by atoms with Crippen LogP contribution in [0.2, 0.25) is 0 Å². The van der Waals surface area contributed by atoms with Gasteiger partial charge < -0.3 is 20.5 Å². The summed E-state index contributed by atoms with van der Waals surface area (Å²) in [6.07, 6.45) is 7.01. The zero-order valence-electron chi connectivity index (χ0n) is 13.1. The van der Waals surface area contributed by atoms with Gasteiger partial charge in [0, 0.05) is 6.54 Å². The number of amides is 2. The highest BCUT2D eigenvalue weighted by atomic mass is 16.5. The SMILES string of the molecule is CCCCCCCCNC(=O)NC1COCC1(C)C(=O)O. The summed E-state index contributed by atoms with van der Waals surface area (Å²) in [5, 5.41) is 14.7. The number of carboxylic acid groups (broad SMARTS) is 1. The monoisotopic (exact) mass is 300 g/mol. The molecule has 0 saturated carbocycles. The molecule has 6 nitrogen and oxygen atoms in total. The Morgan fingerprint density at radius 2 is 1.90 bits per heavy atom. The summed E-state index contributed by atoms with van der Waals surface area (Å²) < 4.78 is 5.19. The average Bonchev–Trinajstić information content (AvgIpc) is 2.80. The quantitative estimate of drug-likeness (QED) is 0.569. The maximum Gasteiger partial charge on any atom is 0.315 e. The van der Waals surface area contributed by atoms with E-state index in [2.05, 4.69) is 17.6 Å². The lowest BCUT2D eigenvalue weighted by Gasteiger charge is -2.25. The largest absolute Gasteiger partial charge is 0.481 e. The van der Waals surface area contributed by atoms with Crippen molar-refractivity contribution in [2.45, 2.75) is 58.4 Å². The Bertz CT molecular complexity index is 349. The Morgan fingerprint density at radius 3 is 2.57 bits per heavy atom. The third-order valence-electron chi connectivity index (χ3n) is 4.07. The van der Waals surface area contributed by atoms with E-state index in [1.807, 2.05) is 0 Å². The van der Waals surface area contributed by atoms with E-state index in [1.54, 1.807) is 6.92 Å². The zero-order valence-corrected chi connectivity index (χ0v) is 13.1. The van der Waals surface area contributed by atoms with Crippen LogP contribution >= 0.6 is 0 Å². The Hall–Kier alpha value is -1.30. The summed E-state index contributed by atoms with van der Waals surface area (Å²) in [5.41, 5.74) is -1.04. The lowest BCUT2D eigenvalue weighted by atomic mass is 9.85. The molecule has 1 aliphatic rings. The van der Waals surface area contributed by atoms with E-state index < -0.39 is 17.4 Å². The number of aliphatic carboxylic acids is 1. The van der Waals surface area contributed by atoms with Gasteiger partial charge in [-0.05, 0) is 13.3 Å². The van der Waals surface area contributed by atoms with Crippen LogP contribution in [-0.4, -0.2) is 42.9 Å². The predicted molar refractivity (Wildman–Crippen MR) is 80.3 cm³/mol. The van der Waals surface area contributed by atoms with Crippen LogP contribution in [0.4, 0.5) is 4.79 Å². The van der Waals surface area contributed by atoms with E-state index in [9.17, 15) is 14.7 Å². The number of hydrogen-bond donors (Lipinski definition) is 3. The number of nitrogens with one attached hydrogen (secondary N) is 2. The van der Waals surface area contributed by atoms with Crippen molar-refractivity contribution in [3.05, 3.63) is 0 Å². The molecule has 1 heterocycles. The van der Waals surface area contributed by atoms with Crippen molar-refractivity contribution in [1.82, 2.24) is 10.6 Å². The van der Waals surface area contributed by atoms with Gasteiger partial charge in [-0.25, -0.2) is 4.79 Å². The topological polar surface area (TPSA) is 87.7 Å². The molecular weight excluding hydrogens is 272 g/mol. The maximum atomic E-state index is 11.8. The van der Waals surface area contributed by atoms with Gasteiger partial charge in [-0.1, -0.05) is 39.0 Å². The molecule has 0 aromatic heterocycles. The molecule has 1 fully saturated rings. The Kier molecular flexibility index (Phi) is 7.50. The first-order valence-corrected chi connectivity index (χ1v) is 7.86. The summed E-state index contributed by atoms with van der Waals surface area (Å²) in [6.45, 7) is 4.78. The number of unbranched alkanes of at least 4 members (excludes halogenated alkanes) is 5. The highest BCUT2D eigenvalue weighted by Gasteiger charge is 2.47. The molecule has 0 aromatic carbocycles. The minimum atomic E-state index is -1.04. The standard InChI is InChI=1S/C15H28N2O4/c1-3-4-5-6-7-8-9-16-14(20)17-12-10-21-11-15(12,2)13(18)19/h12H,3-11H2,1-2H3,(H,18,19)(H2,16,17,20). The predicted octanol–water partition coefficient (Wildman–Crippen LogP) is 2.14. The molecule has 0 bridgehead atoms. The molecule has 2 amide bonds. The van der Waals surface area contributed by atoms with Crippen molar-refractivity contribution in [2.24, 2.45) is 5.41 Å². The van der Waals surface area contributed by atoms with Crippen molar-refractivity contribution in [2.75, 3.05) is 19.8 Å². The number of rotatable bonds is 9. The number of carbonyl (C=O) groups is 2. The van der Waals surface area contributed by atoms with Gasteiger partial charge in [0.1, 0.15) is 5.41 Å². The average molecular weight is 300 g/mol. The maximum absolute atomic E-state index is 11.8. The van der Waals surface area contributed by atoms with E-state index in [-0.39, 0.29) is 19.2 Å². The summed E-state index contributed by atoms with van der Waals surface area (Å²) in [6, 6.07) is -0.800. The van der Waals surface area contributed by atoms with Crippen molar-refractivity contribution in [3.63, 3.8) is 0 Å². The molecule has 2 unspecified atom stereocenters. The van der Waals surface area contributed by atoms with Crippen LogP contribution in [-0.2, 0) is 9.53 Å². The van der Waals surface area contributed by atoms with Crippen LogP contribution in [0.15, 0.2) is 0 Å². The molecule has 1 rings (SSSR count). The summed E-state index contributed by atoms with van der Waals surface area (Å²) in [4.78, 5) is 23.0. The molecule has 1 saturated heterocycles. The third-order valence-corrected chi connectivity index (χ3v) is 4.07. The van der Waals surface area contributed by atoms with Gasteiger partial charge in [0.05, 0.1) is 19.3 Å². The minimum Gasteiger partial charge on any atom is -0.481 e. The van der Waals surface area contributed by atoms with E-state index in [4.69, 9.17) is 4.74 Å². The first-order chi connectivity index (χ1) is 10.0. The highest BCUT2D eigenvalue weighted by molar-refractivity contribution is 5.79. The van der Waals surface area contributed by atoms with E-state index >= 15 is 0 Å². The van der Waals surface area contributed by atoms with Gasteiger partial charge in [0.25, 0.3) is 0 Å². The van der Waals surface area contributed by atoms with Crippen molar-refractivity contribution < 1.29 is 19.4 Å². The van der Waals surface area contributed by atoms with Gasteiger partial charge in [-0.15, -0.1) is 0 Å². The lowest BCUT2D eigenvalue weighted by molar-refractivity contribution is -0.148. The molecule has 0 spiro atoms. The summed E-state index contributed by atoms with van der Waals surface area (Å²) >= 11 is 0. The van der Waals surface area contributed by atoms with Gasteiger partial charge in [0.2, 0.25) is 0 Å². The fourth-order valence-corrected chi connectivity index (χ4v) is 2.40.